The molecule has 3 aromatic heterocycles. The van der Waals surface area contributed by atoms with E-state index in [0.717, 1.165) is 41.1 Å². The van der Waals surface area contributed by atoms with Crippen molar-refractivity contribution in [2.24, 2.45) is 0 Å². The highest BCUT2D eigenvalue weighted by Gasteiger charge is 2.25. The van der Waals surface area contributed by atoms with E-state index in [4.69, 9.17) is 4.98 Å². The van der Waals surface area contributed by atoms with Gasteiger partial charge in [-0.25, -0.2) is 14.4 Å². The molecular formula is C27H24FN5O. The van der Waals surface area contributed by atoms with Crippen LogP contribution in [0.4, 0.5) is 4.39 Å². The van der Waals surface area contributed by atoms with E-state index in [-0.39, 0.29) is 11.7 Å². The summed E-state index contributed by atoms with van der Waals surface area (Å²) in [6.07, 6.45) is 8.90. The van der Waals surface area contributed by atoms with Crippen LogP contribution < -0.4 is 0 Å². The summed E-state index contributed by atoms with van der Waals surface area (Å²) in [5, 5.41) is 0. The summed E-state index contributed by atoms with van der Waals surface area (Å²) in [4.78, 5) is 32.2. The molecule has 170 valence electrons. The van der Waals surface area contributed by atoms with Gasteiger partial charge in [-0.3, -0.25) is 14.8 Å². The topological polar surface area (TPSA) is 71.9 Å². The van der Waals surface area contributed by atoms with Gasteiger partial charge in [-0.05, 0) is 54.8 Å². The summed E-state index contributed by atoms with van der Waals surface area (Å²) >= 11 is 0. The molecule has 0 radical (unpaired) electrons. The number of likely N-dealkylation sites (tertiary alicyclic amines) is 1. The van der Waals surface area contributed by atoms with Crippen molar-refractivity contribution < 1.29 is 9.18 Å². The van der Waals surface area contributed by atoms with Crippen molar-refractivity contribution in [3.63, 3.8) is 0 Å². The van der Waals surface area contributed by atoms with Gasteiger partial charge in [0.25, 0.3) is 5.91 Å². The lowest BCUT2D eigenvalue weighted by Crippen LogP contribution is -2.38. The van der Waals surface area contributed by atoms with Crippen LogP contribution in [0.2, 0.25) is 0 Å². The highest BCUT2D eigenvalue weighted by Crippen LogP contribution is 2.28. The van der Waals surface area contributed by atoms with E-state index in [1.807, 2.05) is 29.2 Å². The summed E-state index contributed by atoms with van der Waals surface area (Å²) in [7, 11) is 0. The third kappa shape index (κ3) is 4.98. The molecule has 0 unspecified atom stereocenters. The van der Waals surface area contributed by atoms with Crippen molar-refractivity contribution in [3.8, 4) is 11.3 Å². The van der Waals surface area contributed by atoms with Crippen LogP contribution in [0.3, 0.4) is 0 Å². The Labute approximate surface area is 197 Å². The summed E-state index contributed by atoms with van der Waals surface area (Å²) in [5.41, 5.74) is 5.20. The largest absolute Gasteiger partial charge is 0.339 e. The Hall–Kier alpha value is -4.00. The molecule has 6 nitrogen and oxygen atoms in total. The van der Waals surface area contributed by atoms with Gasteiger partial charge in [-0.2, -0.15) is 0 Å². The maximum Gasteiger partial charge on any atom is 0.255 e. The van der Waals surface area contributed by atoms with Crippen LogP contribution in [0.15, 0.2) is 79.5 Å². The van der Waals surface area contributed by atoms with Gasteiger partial charge in [0.15, 0.2) is 0 Å². The quantitative estimate of drug-likeness (QED) is 0.439. The average molecular weight is 454 g/mol. The number of amides is 1. The number of hydrogen-bond acceptors (Lipinski definition) is 5. The monoisotopic (exact) mass is 453 g/mol. The number of pyridine rings is 2. The molecule has 7 heteroatoms. The third-order valence-electron chi connectivity index (χ3n) is 6.19. The Kier molecular flexibility index (Phi) is 6.33. The van der Waals surface area contributed by atoms with Gasteiger partial charge in [-0.15, -0.1) is 0 Å². The van der Waals surface area contributed by atoms with Crippen LogP contribution in [0.25, 0.3) is 11.3 Å². The first-order chi connectivity index (χ1) is 16.7. The van der Waals surface area contributed by atoms with Crippen molar-refractivity contribution >= 4 is 5.91 Å². The van der Waals surface area contributed by atoms with Gasteiger partial charge in [-0.1, -0.05) is 18.2 Å². The average Bonchev–Trinajstić information content (AvgIpc) is 2.90. The predicted octanol–water partition coefficient (Wildman–Crippen LogP) is 4.68. The number of benzene rings is 1. The Balaban J connectivity index is 1.20. The van der Waals surface area contributed by atoms with Crippen LogP contribution >= 0.6 is 0 Å². The highest BCUT2D eigenvalue weighted by atomic mass is 19.1. The minimum absolute atomic E-state index is 0.000156. The second kappa shape index (κ2) is 9.87. The van der Waals surface area contributed by atoms with E-state index in [0.29, 0.717) is 31.0 Å². The zero-order valence-corrected chi connectivity index (χ0v) is 18.6. The van der Waals surface area contributed by atoms with E-state index in [2.05, 4.69) is 21.0 Å². The maximum absolute atomic E-state index is 13.2. The van der Waals surface area contributed by atoms with E-state index in [1.165, 1.54) is 18.5 Å². The lowest BCUT2D eigenvalue weighted by atomic mass is 9.92. The van der Waals surface area contributed by atoms with E-state index >= 15 is 0 Å². The Bertz CT molecular complexity index is 1250. The molecule has 1 aromatic carbocycles. The highest BCUT2D eigenvalue weighted by molar-refractivity contribution is 5.94. The Morgan fingerprint density at radius 3 is 2.41 bits per heavy atom. The van der Waals surface area contributed by atoms with E-state index in [1.54, 1.807) is 30.7 Å². The molecule has 1 saturated heterocycles. The normalized spacial score (nSPS) is 14.2. The number of piperidine rings is 1. The number of rotatable bonds is 5. The van der Waals surface area contributed by atoms with Gasteiger partial charge in [0.05, 0.1) is 11.3 Å². The third-order valence-corrected chi connectivity index (χ3v) is 6.19. The van der Waals surface area contributed by atoms with Gasteiger partial charge < -0.3 is 4.90 Å². The van der Waals surface area contributed by atoms with Crippen molar-refractivity contribution in [2.75, 3.05) is 13.1 Å². The fourth-order valence-corrected chi connectivity index (χ4v) is 4.32. The van der Waals surface area contributed by atoms with Crippen LogP contribution in [0, 0.1) is 5.82 Å². The molecule has 5 rings (SSSR count). The molecule has 0 saturated carbocycles. The van der Waals surface area contributed by atoms with Crippen LogP contribution in [0.1, 0.15) is 46.1 Å². The standard InChI is InChI=1S/C27H24FN5O/c28-23-7-4-19(5-8-23)14-24-2-1-3-26(32-24)20-10-12-33(13-11-20)27(34)21-6-9-25(31-17-21)22-15-29-18-30-16-22/h1-9,15-18,20H,10-14H2. The van der Waals surface area contributed by atoms with E-state index in [9.17, 15) is 9.18 Å². The molecule has 0 N–H and O–H groups in total. The first-order valence-electron chi connectivity index (χ1n) is 11.4. The number of carbonyl (C=O) groups excluding carboxylic acids is 1. The summed E-state index contributed by atoms with van der Waals surface area (Å²) in [6.45, 7) is 1.36. The Morgan fingerprint density at radius 2 is 1.71 bits per heavy atom. The molecule has 0 aliphatic carbocycles. The predicted molar refractivity (Wildman–Crippen MR) is 127 cm³/mol. The Morgan fingerprint density at radius 1 is 0.941 bits per heavy atom. The van der Waals surface area contributed by atoms with Gasteiger partial charge in [0.1, 0.15) is 12.1 Å². The molecule has 1 aliphatic heterocycles. The van der Waals surface area contributed by atoms with E-state index < -0.39 is 0 Å². The van der Waals surface area contributed by atoms with Crippen LogP contribution in [0.5, 0.6) is 0 Å². The number of halogens is 1. The minimum Gasteiger partial charge on any atom is -0.339 e. The first-order valence-corrected chi connectivity index (χ1v) is 11.4. The number of nitrogens with zero attached hydrogens (tertiary/aromatic N) is 5. The SMILES string of the molecule is O=C(c1ccc(-c2cncnc2)nc1)N1CCC(c2cccc(Cc3ccc(F)cc3)n2)CC1. The van der Waals surface area contributed by atoms with Crippen molar-refractivity contribution in [1.29, 1.82) is 0 Å². The maximum atomic E-state index is 13.2. The van der Waals surface area contributed by atoms with Crippen LogP contribution in [-0.2, 0) is 6.42 Å². The molecule has 1 fully saturated rings. The molecular weight excluding hydrogens is 429 g/mol. The van der Waals surface area contributed by atoms with Crippen molar-refractivity contribution in [2.45, 2.75) is 25.2 Å². The molecule has 1 amide bonds. The van der Waals surface area contributed by atoms with Crippen LogP contribution in [-0.4, -0.2) is 43.8 Å². The van der Waals surface area contributed by atoms with Gasteiger partial charge >= 0.3 is 0 Å². The number of carbonyl (C=O) groups is 1. The molecule has 4 aromatic rings. The molecule has 34 heavy (non-hydrogen) atoms. The smallest absolute Gasteiger partial charge is 0.255 e. The number of hydrogen-bond donors (Lipinski definition) is 0. The van der Waals surface area contributed by atoms with Gasteiger partial charge in [0, 0.05) is 61.0 Å². The fourth-order valence-electron chi connectivity index (χ4n) is 4.32. The zero-order valence-electron chi connectivity index (χ0n) is 18.6. The fraction of sp³-hybridized carbons (Fsp3) is 0.222. The number of aromatic nitrogens is 4. The molecule has 4 heterocycles. The molecule has 0 bridgehead atoms. The minimum atomic E-state index is -0.232. The molecule has 0 atom stereocenters. The lowest BCUT2D eigenvalue weighted by molar-refractivity contribution is 0.0711. The summed E-state index contributed by atoms with van der Waals surface area (Å²) in [5.74, 6) is 0.0833. The zero-order chi connectivity index (χ0) is 23.3. The lowest BCUT2D eigenvalue weighted by Gasteiger charge is -2.32. The summed E-state index contributed by atoms with van der Waals surface area (Å²) in [6, 6.07) is 16.3. The first kappa shape index (κ1) is 21.8. The second-order valence-electron chi connectivity index (χ2n) is 8.48. The van der Waals surface area contributed by atoms with Crippen molar-refractivity contribution in [1.82, 2.24) is 24.8 Å². The summed E-state index contributed by atoms with van der Waals surface area (Å²) < 4.78 is 13.2. The van der Waals surface area contributed by atoms with Crippen molar-refractivity contribution in [3.05, 3.63) is 108 Å². The second-order valence-corrected chi connectivity index (χ2v) is 8.48. The molecule has 1 aliphatic rings. The molecule has 0 spiro atoms. The van der Waals surface area contributed by atoms with Gasteiger partial charge in [0.2, 0.25) is 0 Å².